The third-order valence-electron chi connectivity index (χ3n) is 3.78. The second kappa shape index (κ2) is 7.93. The molecule has 7 nitrogen and oxygen atoms in total. The highest BCUT2D eigenvalue weighted by molar-refractivity contribution is 6.37. The maximum Gasteiger partial charge on any atom is 0.350 e. The van der Waals surface area contributed by atoms with Crippen molar-refractivity contribution >= 4 is 34.8 Å². The predicted molar refractivity (Wildman–Crippen MR) is 99.9 cm³/mol. The number of aromatic nitrogens is 3. The maximum atomic E-state index is 12.3. The molecule has 0 radical (unpaired) electrons. The van der Waals surface area contributed by atoms with Gasteiger partial charge in [-0.1, -0.05) is 30.1 Å². The topological polar surface area (TPSA) is 81.0 Å². The molecule has 1 aromatic heterocycles. The van der Waals surface area contributed by atoms with Gasteiger partial charge in [0, 0.05) is 13.6 Å². The summed E-state index contributed by atoms with van der Waals surface area (Å²) in [6.45, 7) is 6.04. The molecule has 0 aliphatic carbocycles. The van der Waals surface area contributed by atoms with Gasteiger partial charge in [0.25, 0.3) is 0 Å². The van der Waals surface area contributed by atoms with Crippen molar-refractivity contribution in [2.24, 2.45) is 7.05 Å². The molecule has 1 heterocycles. The fourth-order valence-corrected chi connectivity index (χ4v) is 2.72. The molecule has 0 aliphatic heterocycles. The van der Waals surface area contributed by atoms with Crippen LogP contribution in [0.25, 0.3) is 5.69 Å². The van der Waals surface area contributed by atoms with Crippen molar-refractivity contribution in [3.63, 3.8) is 0 Å². The van der Waals surface area contributed by atoms with Gasteiger partial charge in [-0.05, 0) is 32.4 Å². The first-order valence-electron chi connectivity index (χ1n) is 7.92. The van der Waals surface area contributed by atoms with Crippen molar-refractivity contribution in [3.8, 4) is 5.69 Å². The minimum atomic E-state index is -0.500. The fourth-order valence-electron chi connectivity index (χ4n) is 2.20. The molecule has 1 aromatic carbocycles. The van der Waals surface area contributed by atoms with E-state index in [0.717, 1.165) is 6.42 Å². The Hall–Kier alpha value is -1.99. The molecule has 0 saturated heterocycles. The number of nitrogens with zero attached hydrogens (tertiary/aromatic N) is 3. The van der Waals surface area contributed by atoms with Gasteiger partial charge in [0.15, 0.2) is 0 Å². The molecule has 2 aromatic rings. The normalized spacial score (nSPS) is 12.1. The summed E-state index contributed by atoms with van der Waals surface area (Å²) in [5, 5.41) is 10.7. The minimum Gasteiger partial charge on any atom is -0.373 e. The van der Waals surface area contributed by atoms with Crippen LogP contribution in [-0.2, 0) is 11.8 Å². The first-order chi connectivity index (χ1) is 11.8. The number of carbonyl (C=O) groups excluding carboxylic acids is 1. The van der Waals surface area contributed by atoms with E-state index < -0.39 is 6.04 Å². The molecular weight excluding hydrogens is 365 g/mol. The smallest absolute Gasteiger partial charge is 0.350 e. The molecule has 0 fully saturated rings. The number of amides is 1. The number of nitrogens with one attached hydrogen (secondary N) is 2. The van der Waals surface area contributed by atoms with Gasteiger partial charge >= 0.3 is 5.69 Å². The summed E-state index contributed by atoms with van der Waals surface area (Å²) in [4.78, 5) is 24.3. The molecule has 0 bridgehead atoms. The van der Waals surface area contributed by atoms with Crippen LogP contribution in [0.15, 0.2) is 16.9 Å². The van der Waals surface area contributed by atoms with Crippen LogP contribution in [0.2, 0.25) is 10.0 Å². The Morgan fingerprint density at radius 2 is 2.00 bits per heavy atom. The first-order valence-corrected chi connectivity index (χ1v) is 8.68. The lowest BCUT2D eigenvalue weighted by Crippen LogP contribution is -2.38. The Morgan fingerprint density at radius 3 is 2.56 bits per heavy atom. The van der Waals surface area contributed by atoms with Crippen molar-refractivity contribution in [1.29, 1.82) is 0 Å². The Morgan fingerprint density at radius 1 is 1.32 bits per heavy atom. The molecule has 0 spiro atoms. The first kappa shape index (κ1) is 19.3. The lowest BCUT2D eigenvalue weighted by Gasteiger charge is -2.17. The zero-order valence-corrected chi connectivity index (χ0v) is 16.1. The maximum absolute atomic E-state index is 12.3. The number of hydrogen-bond donors (Lipinski definition) is 2. The number of anilines is 1. The third kappa shape index (κ3) is 4.16. The van der Waals surface area contributed by atoms with E-state index in [9.17, 15) is 9.59 Å². The van der Waals surface area contributed by atoms with Crippen molar-refractivity contribution in [1.82, 2.24) is 19.7 Å². The monoisotopic (exact) mass is 385 g/mol. The van der Waals surface area contributed by atoms with Crippen LogP contribution in [0.5, 0.6) is 0 Å². The number of rotatable bonds is 6. The molecule has 1 amide bonds. The summed E-state index contributed by atoms with van der Waals surface area (Å²) in [6, 6.07) is 2.64. The van der Waals surface area contributed by atoms with E-state index in [1.54, 1.807) is 27.0 Å². The Bertz CT molecular complexity index is 844. The molecule has 9 heteroatoms. The summed E-state index contributed by atoms with van der Waals surface area (Å²) in [5.74, 6) is 0.415. The van der Waals surface area contributed by atoms with Crippen LogP contribution in [-0.4, -0.2) is 32.8 Å². The van der Waals surface area contributed by atoms with E-state index in [-0.39, 0.29) is 11.6 Å². The third-order valence-corrected chi connectivity index (χ3v) is 4.39. The number of hydrogen-bond acceptors (Lipinski definition) is 4. The average molecular weight is 386 g/mol. The van der Waals surface area contributed by atoms with Gasteiger partial charge in [-0.2, -0.15) is 9.78 Å². The molecule has 25 heavy (non-hydrogen) atoms. The summed E-state index contributed by atoms with van der Waals surface area (Å²) in [6.07, 6.45) is 0.853. The number of carbonyl (C=O) groups is 1. The largest absolute Gasteiger partial charge is 0.373 e. The van der Waals surface area contributed by atoms with E-state index in [1.807, 2.05) is 6.92 Å². The summed E-state index contributed by atoms with van der Waals surface area (Å²) < 4.78 is 2.62. The molecule has 2 N–H and O–H groups in total. The molecule has 1 unspecified atom stereocenters. The summed E-state index contributed by atoms with van der Waals surface area (Å²) in [7, 11) is 1.63. The zero-order valence-electron chi connectivity index (χ0n) is 14.6. The van der Waals surface area contributed by atoms with E-state index >= 15 is 0 Å². The summed E-state index contributed by atoms with van der Waals surface area (Å²) >= 11 is 12.5. The number of halogens is 2. The predicted octanol–water partition coefficient (Wildman–Crippen LogP) is 2.51. The Balaban J connectivity index is 2.36. The van der Waals surface area contributed by atoms with Crippen molar-refractivity contribution in [2.45, 2.75) is 33.2 Å². The highest BCUT2D eigenvalue weighted by Gasteiger charge is 2.18. The van der Waals surface area contributed by atoms with Gasteiger partial charge in [-0.3, -0.25) is 9.36 Å². The molecule has 136 valence electrons. The van der Waals surface area contributed by atoms with Crippen LogP contribution in [0.3, 0.4) is 0 Å². The van der Waals surface area contributed by atoms with Gasteiger partial charge in [0.2, 0.25) is 5.91 Å². The SMILES string of the molecule is CCCNC(=O)C(C)Nc1cc(-n2nc(C)n(C)c2=O)c(Cl)cc1Cl. The van der Waals surface area contributed by atoms with Gasteiger partial charge in [-0.15, -0.1) is 0 Å². The Labute approximate surface area is 155 Å². The van der Waals surface area contributed by atoms with Gasteiger partial charge < -0.3 is 10.6 Å². The average Bonchev–Trinajstić information content (AvgIpc) is 2.82. The second-order valence-corrected chi connectivity index (χ2v) is 6.56. The summed E-state index contributed by atoms with van der Waals surface area (Å²) in [5.41, 5.74) is 0.570. The molecule has 2 rings (SSSR count). The Kier molecular flexibility index (Phi) is 6.13. The van der Waals surface area contributed by atoms with Gasteiger partial charge in [-0.25, -0.2) is 4.79 Å². The van der Waals surface area contributed by atoms with E-state index in [2.05, 4.69) is 15.7 Å². The van der Waals surface area contributed by atoms with Crippen LogP contribution in [0, 0.1) is 6.92 Å². The van der Waals surface area contributed by atoms with Crippen LogP contribution in [0.1, 0.15) is 26.1 Å². The number of aryl methyl sites for hydroxylation is 1. The molecule has 0 saturated carbocycles. The molecular formula is C16H21Cl2N5O2. The van der Waals surface area contributed by atoms with Gasteiger partial charge in [0.1, 0.15) is 11.9 Å². The molecule has 1 atom stereocenters. The lowest BCUT2D eigenvalue weighted by atomic mass is 10.2. The van der Waals surface area contributed by atoms with Gasteiger partial charge in [0.05, 0.1) is 21.4 Å². The van der Waals surface area contributed by atoms with Crippen molar-refractivity contribution in [3.05, 3.63) is 38.5 Å². The van der Waals surface area contributed by atoms with Crippen LogP contribution < -0.4 is 16.3 Å². The number of benzene rings is 1. The minimum absolute atomic E-state index is 0.139. The second-order valence-electron chi connectivity index (χ2n) is 5.74. The van der Waals surface area contributed by atoms with Crippen LogP contribution >= 0.6 is 23.2 Å². The standard InChI is InChI=1S/C16H21Cl2N5O2/c1-5-6-19-15(24)9(2)20-13-8-14(12(18)7-11(13)17)23-16(25)22(4)10(3)21-23/h7-9,20H,5-6H2,1-4H3,(H,19,24). The lowest BCUT2D eigenvalue weighted by molar-refractivity contribution is -0.121. The van der Waals surface area contributed by atoms with Crippen molar-refractivity contribution < 1.29 is 4.79 Å². The van der Waals surface area contributed by atoms with E-state index in [4.69, 9.17) is 23.2 Å². The fraction of sp³-hybridized carbons (Fsp3) is 0.438. The van der Waals surface area contributed by atoms with E-state index in [1.165, 1.54) is 15.3 Å². The quantitative estimate of drug-likeness (QED) is 0.800. The van der Waals surface area contributed by atoms with Crippen LogP contribution in [0.4, 0.5) is 5.69 Å². The molecule has 0 aliphatic rings. The highest BCUT2D eigenvalue weighted by Crippen LogP contribution is 2.31. The highest BCUT2D eigenvalue weighted by atomic mass is 35.5. The van der Waals surface area contributed by atoms with E-state index in [0.29, 0.717) is 33.8 Å². The van der Waals surface area contributed by atoms with Crippen molar-refractivity contribution in [2.75, 3.05) is 11.9 Å². The zero-order chi connectivity index (χ0) is 18.7.